The predicted octanol–water partition coefficient (Wildman–Crippen LogP) is 6.01. The SMILES string of the molecule is CCCCCCn1c2ccccc2c(=Nc2cccc(O)c2C(=O)O)c2ccccc21. The van der Waals surface area contributed by atoms with Crippen molar-refractivity contribution in [3.63, 3.8) is 0 Å². The second-order valence-electron chi connectivity index (χ2n) is 7.68. The summed E-state index contributed by atoms with van der Waals surface area (Å²) in [5.74, 6) is -1.49. The van der Waals surface area contributed by atoms with Crippen LogP contribution in [-0.2, 0) is 6.54 Å². The predicted molar refractivity (Wildman–Crippen MR) is 124 cm³/mol. The molecule has 1 aromatic heterocycles. The van der Waals surface area contributed by atoms with Crippen LogP contribution in [0.2, 0.25) is 0 Å². The summed E-state index contributed by atoms with van der Waals surface area (Å²) < 4.78 is 2.33. The maximum Gasteiger partial charge on any atom is 0.341 e. The molecule has 4 rings (SSSR count). The second-order valence-corrected chi connectivity index (χ2v) is 7.68. The highest BCUT2D eigenvalue weighted by atomic mass is 16.4. The summed E-state index contributed by atoms with van der Waals surface area (Å²) in [5, 5.41) is 22.3. The molecule has 0 aliphatic heterocycles. The van der Waals surface area contributed by atoms with Crippen LogP contribution < -0.4 is 5.36 Å². The van der Waals surface area contributed by atoms with Gasteiger partial charge in [0, 0.05) is 17.3 Å². The number of unbranched alkanes of at least 4 members (excludes halogenated alkanes) is 3. The minimum atomic E-state index is -1.20. The summed E-state index contributed by atoms with van der Waals surface area (Å²) in [4.78, 5) is 16.5. The lowest BCUT2D eigenvalue weighted by Crippen LogP contribution is -2.13. The number of hydrogen-bond donors (Lipinski definition) is 2. The molecule has 1 heterocycles. The number of phenols is 1. The van der Waals surface area contributed by atoms with Crippen LogP contribution in [-0.4, -0.2) is 20.7 Å². The van der Waals surface area contributed by atoms with Crippen LogP contribution >= 0.6 is 0 Å². The van der Waals surface area contributed by atoms with Crippen molar-refractivity contribution in [2.45, 2.75) is 39.2 Å². The Labute approximate surface area is 180 Å². The van der Waals surface area contributed by atoms with Crippen LogP contribution in [0.5, 0.6) is 5.75 Å². The summed E-state index contributed by atoms with van der Waals surface area (Å²) in [5.41, 5.74) is 2.18. The van der Waals surface area contributed by atoms with Gasteiger partial charge in [0.25, 0.3) is 0 Å². The molecule has 31 heavy (non-hydrogen) atoms. The highest BCUT2D eigenvalue weighted by molar-refractivity contribution is 5.97. The monoisotopic (exact) mass is 414 g/mol. The van der Waals surface area contributed by atoms with Gasteiger partial charge in [0.15, 0.2) is 0 Å². The number of aromatic nitrogens is 1. The lowest BCUT2D eigenvalue weighted by Gasteiger charge is -2.16. The van der Waals surface area contributed by atoms with E-state index in [1.807, 2.05) is 36.4 Å². The fraction of sp³-hybridized carbons (Fsp3) is 0.231. The molecule has 0 atom stereocenters. The number of benzene rings is 3. The van der Waals surface area contributed by atoms with E-state index in [1.165, 1.54) is 25.3 Å². The maximum absolute atomic E-state index is 11.8. The van der Waals surface area contributed by atoms with Crippen molar-refractivity contribution >= 4 is 33.5 Å². The maximum atomic E-state index is 11.8. The third-order valence-corrected chi connectivity index (χ3v) is 5.60. The third-order valence-electron chi connectivity index (χ3n) is 5.60. The van der Waals surface area contributed by atoms with Gasteiger partial charge < -0.3 is 14.8 Å². The van der Waals surface area contributed by atoms with E-state index in [9.17, 15) is 15.0 Å². The quantitative estimate of drug-likeness (QED) is 0.287. The molecule has 0 spiro atoms. The molecule has 2 N–H and O–H groups in total. The largest absolute Gasteiger partial charge is 0.507 e. The van der Waals surface area contributed by atoms with Crippen LogP contribution in [0.1, 0.15) is 43.0 Å². The Balaban J connectivity index is 2.03. The molecule has 0 radical (unpaired) electrons. The Morgan fingerprint density at radius 1 is 0.871 bits per heavy atom. The molecule has 0 saturated heterocycles. The lowest BCUT2D eigenvalue weighted by atomic mass is 10.1. The number of carboxylic acids is 1. The minimum absolute atomic E-state index is 0.188. The number of aromatic carboxylic acids is 1. The van der Waals surface area contributed by atoms with E-state index in [0.717, 1.165) is 34.8 Å². The van der Waals surface area contributed by atoms with Crippen molar-refractivity contribution < 1.29 is 15.0 Å². The smallest absolute Gasteiger partial charge is 0.341 e. The van der Waals surface area contributed by atoms with Gasteiger partial charge in [-0.25, -0.2) is 9.79 Å². The number of fused-ring (bicyclic) bond motifs is 2. The number of aryl methyl sites for hydroxylation is 1. The molecule has 0 fully saturated rings. The van der Waals surface area contributed by atoms with Crippen LogP contribution in [0.15, 0.2) is 71.7 Å². The zero-order valence-corrected chi connectivity index (χ0v) is 17.6. The Morgan fingerprint density at radius 3 is 2.13 bits per heavy atom. The van der Waals surface area contributed by atoms with Gasteiger partial charge in [0.2, 0.25) is 0 Å². The number of carbonyl (C=O) groups is 1. The first kappa shape index (κ1) is 20.7. The van der Waals surface area contributed by atoms with Gasteiger partial charge in [-0.15, -0.1) is 0 Å². The highest BCUT2D eigenvalue weighted by Crippen LogP contribution is 2.28. The number of rotatable bonds is 7. The molecule has 0 amide bonds. The third kappa shape index (κ3) is 4.04. The van der Waals surface area contributed by atoms with Crippen molar-refractivity contribution in [3.8, 4) is 5.75 Å². The molecular formula is C26H26N2O3. The fourth-order valence-electron chi connectivity index (χ4n) is 4.11. The Kier molecular flexibility index (Phi) is 6.03. The van der Waals surface area contributed by atoms with Gasteiger partial charge in [-0.1, -0.05) is 68.7 Å². The lowest BCUT2D eigenvalue weighted by molar-refractivity contribution is 0.0694. The Hall–Kier alpha value is -3.60. The summed E-state index contributed by atoms with van der Waals surface area (Å²) in [6.07, 6.45) is 4.70. The molecule has 158 valence electrons. The molecule has 0 aliphatic carbocycles. The van der Waals surface area contributed by atoms with Gasteiger partial charge >= 0.3 is 5.97 Å². The van der Waals surface area contributed by atoms with Gasteiger partial charge in [0.1, 0.15) is 11.3 Å². The average molecular weight is 415 g/mol. The number of hydrogen-bond acceptors (Lipinski definition) is 3. The molecule has 5 nitrogen and oxygen atoms in total. The zero-order valence-electron chi connectivity index (χ0n) is 17.6. The fourth-order valence-corrected chi connectivity index (χ4v) is 4.11. The van der Waals surface area contributed by atoms with E-state index >= 15 is 0 Å². The summed E-state index contributed by atoms with van der Waals surface area (Å²) in [7, 11) is 0. The first-order valence-electron chi connectivity index (χ1n) is 10.7. The number of nitrogens with zero attached hydrogens (tertiary/aromatic N) is 2. The van der Waals surface area contributed by atoms with Crippen LogP contribution in [0.3, 0.4) is 0 Å². The van der Waals surface area contributed by atoms with E-state index in [2.05, 4.69) is 23.6 Å². The Morgan fingerprint density at radius 2 is 1.52 bits per heavy atom. The van der Waals surface area contributed by atoms with Gasteiger partial charge in [-0.05, 0) is 30.7 Å². The van der Waals surface area contributed by atoms with E-state index < -0.39 is 5.97 Å². The Bertz CT molecular complexity index is 1260. The van der Waals surface area contributed by atoms with Crippen molar-refractivity contribution in [2.24, 2.45) is 4.99 Å². The van der Waals surface area contributed by atoms with Gasteiger partial charge in [-0.2, -0.15) is 0 Å². The number of pyridine rings is 1. The first-order chi connectivity index (χ1) is 15.1. The summed E-state index contributed by atoms with van der Waals surface area (Å²) in [6.45, 7) is 3.12. The van der Waals surface area contributed by atoms with Crippen LogP contribution in [0.25, 0.3) is 21.8 Å². The number of aromatic hydroxyl groups is 1. The van der Waals surface area contributed by atoms with Crippen LogP contribution in [0, 0.1) is 0 Å². The van der Waals surface area contributed by atoms with Gasteiger partial charge in [-0.3, -0.25) is 0 Å². The average Bonchev–Trinajstić information content (AvgIpc) is 2.77. The summed E-state index contributed by atoms with van der Waals surface area (Å²) >= 11 is 0. The van der Waals surface area contributed by atoms with Crippen molar-refractivity contribution in [1.29, 1.82) is 0 Å². The van der Waals surface area contributed by atoms with Crippen molar-refractivity contribution in [2.75, 3.05) is 0 Å². The first-order valence-corrected chi connectivity index (χ1v) is 10.7. The molecule has 0 saturated carbocycles. The molecule has 3 aromatic carbocycles. The minimum Gasteiger partial charge on any atom is -0.507 e. The molecule has 0 bridgehead atoms. The normalized spacial score (nSPS) is 11.1. The molecule has 0 unspecified atom stereocenters. The van der Waals surface area contributed by atoms with E-state index in [0.29, 0.717) is 5.36 Å². The van der Waals surface area contributed by atoms with Crippen molar-refractivity contribution in [1.82, 2.24) is 4.57 Å². The number of carboxylic acid groups (broad SMARTS) is 1. The molecular weight excluding hydrogens is 388 g/mol. The van der Waals surface area contributed by atoms with E-state index in [1.54, 1.807) is 12.1 Å². The number of para-hydroxylation sites is 2. The standard InChI is InChI=1S/C26H26N2O3/c1-2-3-4-9-17-28-21-14-7-5-11-18(21)25(19-12-6-8-15-22(19)28)27-20-13-10-16-23(29)24(20)26(30)31/h5-8,10-16,29H,2-4,9,17H2,1H3,(H,30,31). The summed E-state index contributed by atoms with van der Waals surface area (Å²) in [6, 6.07) is 20.8. The molecule has 5 heteroatoms. The van der Waals surface area contributed by atoms with Crippen molar-refractivity contribution in [3.05, 3.63) is 77.7 Å². The second kappa shape index (κ2) is 9.04. The molecule has 0 aliphatic rings. The van der Waals surface area contributed by atoms with E-state index in [4.69, 9.17) is 4.99 Å². The van der Waals surface area contributed by atoms with Gasteiger partial charge in [0.05, 0.1) is 22.1 Å². The zero-order chi connectivity index (χ0) is 21.8. The molecule has 4 aromatic rings. The highest BCUT2D eigenvalue weighted by Gasteiger charge is 2.16. The topological polar surface area (TPSA) is 74.8 Å². The van der Waals surface area contributed by atoms with Crippen LogP contribution in [0.4, 0.5) is 5.69 Å². The van der Waals surface area contributed by atoms with E-state index in [-0.39, 0.29) is 17.0 Å².